The molecule has 2 rings (SSSR count). The van der Waals surface area contributed by atoms with Crippen LogP contribution in [0.5, 0.6) is 0 Å². The van der Waals surface area contributed by atoms with Crippen molar-refractivity contribution in [2.75, 3.05) is 19.6 Å². The van der Waals surface area contributed by atoms with Gasteiger partial charge in [-0.05, 0) is 18.0 Å². The molecule has 1 aromatic rings. The minimum absolute atomic E-state index is 0.218. The van der Waals surface area contributed by atoms with Crippen LogP contribution in [0.25, 0.3) is 0 Å². The molecule has 0 spiro atoms. The molecule has 1 aliphatic rings. The zero-order valence-corrected chi connectivity index (χ0v) is 9.83. The van der Waals surface area contributed by atoms with Gasteiger partial charge in [-0.3, -0.25) is 4.90 Å². The summed E-state index contributed by atoms with van der Waals surface area (Å²) >= 11 is 1.78. The molecule has 1 aromatic heterocycles. The molecule has 1 saturated heterocycles. The summed E-state index contributed by atoms with van der Waals surface area (Å²) in [6.07, 6.45) is -0.218. The molecule has 1 fully saturated rings. The first-order valence-corrected chi connectivity index (χ1v) is 6.34. The molecule has 0 amide bonds. The Labute approximate surface area is 94.7 Å². The molecular weight excluding hydrogens is 208 g/mol. The number of thiophene rings is 1. The molecule has 2 N–H and O–H groups in total. The van der Waals surface area contributed by atoms with Crippen molar-refractivity contribution < 1.29 is 5.11 Å². The third kappa shape index (κ3) is 2.58. The van der Waals surface area contributed by atoms with Gasteiger partial charge in [0.1, 0.15) is 0 Å². The van der Waals surface area contributed by atoms with Crippen molar-refractivity contribution in [2.45, 2.75) is 25.6 Å². The highest BCUT2D eigenvalue weighted by Gasteiger charge is 2.29. The topological polar surface area (TPSA) is 35.5 Å². The maximum Gasteiger partial charge on any atom is 0.0831 e. The summed E-state index contributed by atoms with van der Waals surface area (Å²) in [6.45, 7) is 5.73. The molecule has 0 aliphatic carbocycles. The maximum absolute atomic E-state index is 9.82. The third-order valence-electron chi connectivity index (χ3n) is 2.97. The minimum Gasteiger partial charge on any atom is -0.390 e. The first-order chi connectivity index (χ1) is 7.31. The molecule has 0 saturated carbocycles. The van der Waals surface area contributed by atoms with Crippen LogP contribution in [0.1, 0.15) is 11.8 Å². The first kappa shape index (κ1) is 11.1. The van der Waals surface area contributed by atoms with Crippen molar-refractivity contribution >= 4 is 11.3 Å². The van der Waals surface area contributed by atoms with E-state index < -0.39 is 0 Å². The molecule has 2 unspecified atom stereocenters. The lowest BCUT2D eigenvalue weighted by Gasteiger charge is -2.28. The van der Waals surface area contributed by atoms with Crippen LogP contribution in [0.4, 0.5) is 0 Å². The van der Waals surface area contributed by atoms with E-state index in [2.05, 4.69) is 34.7 Å². The Balaban J connectivity index is 1.97. The lowest BCUT2D eigenvalue weighted by atomic mass is 10.2. The molecule has 84 valence electrons. The van der Waals surface area contributed by atoms with Gasteiger partial charge >= 0.3 is 0 Å². The largest absolute Gasteiger partial charge is 0.390 e. The van der Waals surface area contributed by atoms with E-state index in [0.717, 1.165) is 26.2 Å². The van der Waals surface area contributed by atoms with Gasteiger partial charge in [0.25, 0.3) is 0 Å². The standard InChI is InChI=1S/C11H18N2OS/c1-2-13(8-9-4-3-5-15-9)10-6-12-7-11(10)14/h3-5,10-12,14H,2,6-8H2,1H3. The van der Waals surface area contributed by atoms with Gasteiger partial charge in [0.2, 0.25) is 0 Å². The van der Waals surface area contributed by atoms with Crippen molar-refractivity contribution in [3.63, 3.8) is 0 Å². The Kier molecular flexibility index (Phi) is 3.75. The number of nitrogens with zero attached hydrogens (tertiary/aromatic N) is 1. The highest BCUT2D eigenvalue weighted by Crippen LogP contribution is 2.16. The molecule has 15 heavy (non-hydrogen) atoms. The minimum atomic E-state index is -0.218. The van der Waals surface area contributed by atoms with Crippen molar-refractivity contribution in [3.8, 4) is 0 Å². The second-order valence-electron chi connectivity index (χ2n) is 3.94. The molecule has 3 nitrogen and oxygen atoms in total. The smallest absolute Gasteiger partial charge is 0.0831 e. The number of rotatable bonds is 4. The molecule has 2 heterocycles. The number of aliphatic hydroxyl groups is 1. The normalized spacial score (nSPS) is 26.3. The summed E-state index contributed by atoms with van der Waals surface area (Å²) in [5.41, 5.74) is 0. The zero-order valence-electron chi connectivity index (χ0n) is 9.02. The van der Waals surface area contributed by atoms with Gasteiger partial charge in [-0.15, -0.1) is 11.3 Å². The average Bonchev–Trinajstić information content (AvgIpc) is 2.85. The number of hydrogen-bond acceptors (Lipinski definition) is 4. The van der Waals surface area contributed by atoms with E-state index in [0.29, 0.717) is 0 Å². The number of β-amino-alcohol motifs (C(OH)–C–C–N with tert-alkyl or cyclic N) is 1. The summed E-state index contributed by atoms with van der Waals surface area (Å²) in [4.78, 5) is 3.72. The van der Waals surface area contributed by atoms with Crippen molar-refractivity contribution in [1.82, 2.24) is 10.2 Å². The predicted molar refractivity (Wildman–Crippen MR) is 63.1 cm³/mol. The maximum atomic E-state index is 9.82. The highest BCUT2D eigenvalue weighted by molar-refractivity contribution is 7.09. The first-order valence-electron chi connectivity index (χ1n) is 5.46. The van der Waals surface area contributed by atoms with E-state index in [4.69, 9.17) is 0 Å². The van der Waals surface area contributed by atoms with Gasteiger partial charge in [-0.25, -0.2) is 0 Å². The van der Waals surface area contributed by atoms with Crippen LogP contribution in [0, 0.1) is 0 Å². The summed E-state index contributed by atoms with van der Waals surface area (Å²) in [5, 5.41) is 15.2. The fourth-order valence-electron chi connectivity index (χ4n) is 2.09. The molecule has 0 bridgehead atoms. The van der Waals surface area contributed by atoms with Crippen LogP contribution in [-0.2, 0) is 6.54 Å². The molecule has 0 aromatic carbocycles. The second kappa shape index (κ2) is 5.07. The molecule has 1 aliphatic heterocycles. The zero-order chi connectivity index (χ0) is 10.7. The fourth-order valence-corrected chi connectivity index (χ4v) is 2.82. The fraction of sp³-hybridized carbons (Fsp3) is 0.636. The highest BCUT2D eigenvalue weighted by atomic mass is 32.1. The van der Waals surface area contributed by atoms with Gasteiger partial charge in [0.15, 0.2) is 0 Å². The summed E-state index contributed by atoms with van der Waals surface area (Å²) < 4.78 is 0. The van der Waals surface area contributed by atoms with Gasteiger partial charge < -0.3 is 10.4 Å². The Morgan fingerprint density at radius 2 is 2.47 bits per heavy atom. The average molecular weight is 226 g/mol. The van der Waals surface area contributed by atoms with E-state index in [-0.39, 0.29) is 12.1 Å². The molecule has 2 atom stereocenters. The van der Waals surface area contributed by atoms with Gasteiger partial charge in [0, 0.05) is 30.6 Å². The van der Waals surface area contributed by atoms with Gasteiger partial charge in [-0.1, -0.05) is 13.0 Å². The van der Waals surface area contributed by atoms with Crippen molar-refractivity contribution in [1.29, 1.82) is 0 Å². The van der Waals surface area contributed by atoms with Gasteiger partial charge in [0.05, 0.1) is 6.10 Å². The monoisotopic (exact) mass is 226 g/mol. The summed E-state index contributed by atoms with van der Waals surface area (Å²) in [6, 6.07) is 4.51. The number of aliphatic hydroxyl groups excluding tert-OH is 1. The quantitative estimate of drug-likeness (QED) is 0.801. The number of likely N-dealkylation sites (N-methyl/N-ethyl adjacent to an activating group) is 1. The third-order valence-corrected chi connectivity index (χ3v) is 3.83. The Bertz CT molecular complexity index is 289. The van der Waals surface area contributed by atoms with E-state index in [1.54, 1.807) is 11.3 Å². The molecule has 0 radical (unpaired) electrons. The van der Waals surface area contributed by atoms with Crippen LogP contribution in [0.3, 0.4) is 0 Å². The Hall–Kier alpha value is -0.420. The van der Waals surface area contributed by atoms with E-state index in [1.807, 2.05) is 0 Å². The van der Waals surface area contributed by atoms with Crippen molar-refractivity contribution in [2.24, 2.45) is 0 Å². The van der Waals surface area contributed by atoms with Crippen LogP contribution in [0.15, 0.2) is 17.5 Å². The van der Waals surface area contributed by atoms with E-state index >= 15 is 0 Å². The number of nitrogens with one attached hydrogen (secondary N) is 1. The SMILES string of the molecule is CCN(Cc1cccs1)C1CNCC1O. The Morgan fingerprint density at radius 1 is 1.60 bits per heavy atom. The predicted octanol–water partition coefficient (Wildman–Crippen LogP) is 0.903. The Morgan fingerprint density at radius 3 is 3.00 bits per heavy atom. The van der Waals surface area contributed by atoms with E-state index in [1.165, 1.54) is 4.88 Å². The molecule has 4 heteroatoms. The summed E-state index contributed by atoms with van der Waals surface area (Å²) in [5.74, 6) is 0. The lowest BCUT2D eigenvalue weighted by Crippen LogP contribution is -2.42. The summed E-state index contributed by atoms with van der Waals surface area (Å²) in [7, 11) is 0. The van der Waals surface area contributed by atoms with E-state index in [9.17, 15) is 5.11 Å². The van der Waals surface area contributed by atoms with Crippen LogP contribution in [0.2, 0.25) is 0 Å². The molecular formula is C11H18N2OS. The van der Waals surface area contributed by atoms with Crippen molar-refractivity contribution in [3.05, 3.63) is 22.4 Å². The van der Waals surface area contributed by atoms with Crippen LogP contribution >= 0.6 is 11.3 Å². The second-order valence-corrected chi connectivity index (χ2v) is 4.97. The van der Waals surface area contributed by atoms with Gasteiger partial charge in [-0.2, -0.15) is 0 Å². The van der Waals surface area contributed by atoms with Crippen LogP contribution < -0.4 is 5.32 Å². The number of hydrogen-bond donors (Lipinski definition) is 2. The lowest BCUT2D eigenvalue weighted by molar-refractivity contribution is 0.0824. The van der Waals surface area contributed by atoms with Crippen LogP contribution in [-0.4, -0.2) is 41.8 Å².